The molecule has 4 N–H and O–H groups in total. The number of hydrogen-bond donors (Lipinski definition) is 4. The molecule has 11 heteroatoms. The lowest BCUT2D eigenvalue weighted by atomic mass is 10.1. The summed E-state index contributed by atoms with van der Waals surface area (Å²) >= 11 is 7.46. The van der Waals surface area contributed by atoms with Gasteiger partial charge in [-0.2, -0.15) is 0 Å². The lowest BCUT2D eigenvalue weighted by Gasteiger charge is -2.15. The number of rotatable bonds is 7. The maximum atomic E-state index is 14.3. The van der Waals surface area contributed by atoms with E-state index in [1.54, 1.807) is 0 Å². The number of benzene rings is 2. The fraction of sp³-hybridized carbons (Fsp3) is 0.188. The molecule has 0 spiro atoms. The van der Waals surface area contributed by atoms with Crippen LogP contribution in [0.1, 0.15) is 10.4 Å². The number of aliphatic hydroxyl groups is 2. The smallest absolute Gasteiger partial charge is 0.277 e. The minimum atomic E-state index is -1.49. The molecule has 0 saturated carbocycles. The number of nitrogens with one attached hydrogen (secondary N) is 2. The number of aliphatic hydroxyl groups excluding tert-OH is 2. The highest BCUT2D eigenvalue weighted by Crippen LogP contribution is 2.32. The quantitative estimate of drug-likeness (QED) is 0.258. The van der Waals surface area contributed by atoms with Crippen LogP contribution in [0.4, 0.5) is 24.5 Å². The summed E-state index contributed by atoms with van der Waals surface area (Å²) in [6, 6.07) is 4.81. The summed E-state index contributed by atoms with van der Waals surface area (Å²) in [7, 11) is 0. The molecular weight excluding hydrogens is 504 g/mol. The van der Waals surface area contributed by atoms with Crippen molar-refractivity contribution in [3.63, 3.8) is 0 Å². The Morgan fingerprint density at radius 2 is 1.96 bits per heavy atom. The van der Waals surface area contributed by atoms with E-state index in [2.05, 4.69) is 10.2 Å². The van der Waals surface area contributed by atoms with Gasteiger partial charge in [-0.1, -0.05) is 11.6 Å². The zero-order chi connectivity index (χ0) is 20.1. The third-order valence-corrected chi connectivity index (χ3v) is 4.20. The van der Waals surface area contributed by atoms with Gasteiger partial charge < -0.3 is 15.5 Å². The van der Waals surface area contributed by atoms with Crippen LogP contribution in [0, 0.1) is 21.0 Å². The van der Waals surface area contributed by atoms with Gasteiger partial charge in [0.2, 0.25) is 0 Å². The highest BCUT2D eigenvalue weighted by Gasteiger charge is 2.23. The Hall–Kier alpha value is -1.60. The first-order chi connectivity index (χ1) is 12.7. The molecule has 0 aliphatic carbocycles. The van der Waals surface area contributed by atoms with Gasteiger partial charge in [-0.25, -0.2) is 18.7 Å². The van der Waals surface area contributed by atoms with Gasteiger partial charge in [0, 0.05) is 3.57 Å². The number of anilines is 2. The van der Waals surface area contributed by atoms with Crippen molar-refractivity contribution < 1.29 is 33.0 Å². The van der Waals surface area contributed by atoms with Crippen molar-refractivity contribution in [2.45, 2.75) is 6.10 Å². The highest BCUT2D eigenvalue weighted by molar-refractivity contribution is 14.1. The average Bonchev–Trinajstić information content (AvgIpc) is 2.63. The summed E-state index contributed by atoms with van der Waals surface area (Å²) in [5.74, 6) is -4.68. The molecule has 0 heterocycles. The summed E-state index contributed by atoms with van der Waals surface area (Å²) in [4.78, 5) is 16.9. The fourth-order valence-corrected chi connectivity index (χ4v) is 2.58. The predicted molar refractivity (Wildman–Crippen MR) is 100 cm³/mol. The Balaban J connectivity index is 2.34. The van der Waals surface area contributed by atoms with Crippen LogP contribution in [-0.4, -0.2) is 35.4 Å². The molecule has 27 heavy (non-hydrogen) atoms. The molecule has 0 aromatic heterocycles. The van der Waals surface area contributed by atoms with Crippen LogP contribution < -0.4 is 10.8 Å². The van der Waals surface area contributed by atoms with E-state index in [9.17, 15) is 18.0 Å². The van der Waals surface area contributed by atoms with Crippen LogP contribution in [0.3, 0.4) is 0 Å². The molecule has 0 fully saturated rings. The number of hydrogen-bond acceptors (Lipinski definition) is 5. The van der Waals surface area contributed by atoms with Gasteiger partial charge in [-0.15, -0.1) is 0 Å². The Kier molecular flexibility index (Phi) is 7.68. The van der Waals surface area contributed by atoms with Crippen molar-refractivity contribution in [1.82, 2.24) is 5.48 Å². The van der Waals surface area contributed by atoms with Crippen molar-refractivity contribution in [3.05, 3.63) is 55.9 Å². The van der Waals surface area contributed by atoms with Crippen molar-refractivity contribution in [1.29, 1.82) is 0 Å². The van der Waals surface area contributed by atoms with Gasteiger partial charge in [0.25, 0.3) is 5.91 Å². The van der Waals surface area contributed by atoms with Gasteiger partial charge in [0.05, 0.1) is 28.6 Å². The molecule has 0 saturated heterocycles. The van der Waals surface area contributed by atoms with Crippen molar-refractivity contribution in [2.75, 3.05) is 18.5 Å². The summed E-state index contributed by atoms with van der Waals surface area (Å²) in [6.07, 6.45) is -1.25. The van der Waals surface area contributed by atoms with Crippen molar-refractivity contribution in [2.24, 2.45) is 0 Å². The highest BCUT2D eigenvalue weighted by atomic mass is 127. The minimum absolute atomic E-state index is 0.193. The Morgan fingerprint density at radius 1 is 1.26 bits per heavy atom. The monoisotopic (exact) mass is 516 g/mol. The molecule has 146 valence electrons. The summed E-state index contributed by atoms with van der Waals surface area (Å²) < 4.78 is 42.8. The minimum Gasteiger partial charge on any atom is -0.394 e. The second-order valence-electron chi connectivity index (χ2n) is 5.24. The van der Waals surface area contributed by atoms with E-state index in [1.807, 2.05) is 28.1 Å². The third-order valence-electron chi connectivity index (χ3n) is 3.25. The molecule has 0 unspecified atom stereocenters. The summed E-state index contributed by atoms with van der Waals surface area (Å²) in [5.41, 5.74) is 0.588. The summed E-state index contributed by atoms with van der Waals surface area (Å²) in [6.45, 7) is -1.06. The topological polar surface area (TPSA) is 90.8 Å². The second kappa shape index (κ2) is 9.55. The van der Waals surface area contributed by atoms with Gasteiger partial charge in [0.1, 0.15) is 18.5 Å². The number of hydroxylamine groups is 1. The number of amides is 1. The maximum absolute atomic E-state index is 14.3. The molecule has 1 amide bonds. The zero-order valence-electron chi connectivity index (χ0n) is 13.4. The van der Waals surface area contributed by atoms with Gasteiger partial charge in [0.15, 0.2) is 11.6 Å². The SMILES string of the molecule is O=C(NOC[C@H](O)CO)c1cc(Cl)c(F)c(F)c1Nc1ccc(I)cc1F. The van der Waals surface area contributed by atoms with Crippen LogP contribution in [0.25, 0.3) is 0 Å². The molecule has 0 bridgehead atoms. The second-order valence-corrected chi connectivity index (χ2v) is 6.89. The first-order valence-electron chi connectivity index (χ1n) is 7.35. The molecule has 2 rings (SSSR count). The summed E-state index contributed by atoms with van der Waals surface area (Å²) in [5, 5.41) is 19.5. The third kappa shape index (κ3) is 5.45. The van der Waals surface area contributed by atoms with E-state index in [1.165, 1.54) is 12.1 Å². The largest absolute Gasteiger partial charge is 0.394 e. The van der Waals surface area contributed by atoms with Crippen LogP contribution >= 0.6 is 34.2 Å². The van der Waals surface area contributed by atoms with E-state index in [4.69, 9.17) is 21.8 Å². The molecule has 2 aromatic carbocycles. The molecule has 0 aliphatic heterocycles. The van der Waals surface area contributed by atoms with Crippen molar-refractivity contribution >= 4 is 51.5 Å². The normalized spacial score (nSPS) is 12.0. The first kappa shape index (κ1) is 21.7. The molecule has 2 aromatic rings. The van der Waals surface area contributed by atoms with Crippen LogP contribution in [-0.2, 0) is 4.84 Å². The fourth-order valence-electron chi connectivity index (χ4n) is 1.93. The number of halogens is 5. The first-order valence-corrected chi connectivity index (χ1v) is 8.80. The Morgan fingerprint density at radius 3 is 2.59 bits per heavy atom. The average molecular weight is 517 g/mol. The van der Waals surface area contributed by atoms with E-state index in [0.29, 0.717) is 3.57 Å². The van der Waals surface area contributed by atoms with E-state index >= 15 is 0 Å². The molecule has 0 aliphatic rings. The van der Waals surface area contributed by atoms with E-state index in [0.717, 1.165) is 12.1 Å². The Labute approximate surface area is 170 Å². The molecule has 1 atom stereocenters. The zero-order valence-corrected chi connectivity index (χ0v) is 16.3. The Bertz CT molecular complexity index is 857. The van der Waals surface area contributed by atoms with E-state index in [-0.39, 0.29) is 5.69 Å². The lowest BCUT2D eigenvalue weighted by molar-refractivity contribution is -0.0295. The van der Waals surface area contributed by atoms with Gasteiger partial charge >= 0.3 is 0 Å². The van der Waals surface area contributed by atoms with Gasteiger partial charge in [-0.3, -0.25) is 9.63 Å². The van der Waals surface area contributed by atoms with E-state index < -0.39 is 59.0 Å². The van der Waals surface area contributed by atoms with Crippen LogP contribution in [0.5, 0.6) is 0 Å². The van der Waals surface area contributed by atoms with Crippen LogP contribution in [0.15, 0.2) is 24.3 Å². The number of carbonyl (C=O) groups is 1. The number of carbonyl (C=O) groups excluding carboxylic acids is 1. The molecule has 0 radical (unpaired) electrons. The van der Waals surface area contributed by atoms with Crippen molar-refractivity contribution in [3.8, 4) is 0 Å². The van der Waals surface area contributed by atoms with Crippen LogP contribution in [0.2, 0.25) is 5.02 Å². The standard InChI is InChI=1S/C16H13ClF3IN2O4/c17-10-4-9(16(26)23-27-6-8(25)5-24)15(14(20)13(10)19)22-12-2-1-7(21)3-11(12)18/h1-4,8,22,24-25H,5-6H2,(H,23,26)/t8-/m1/s1. The lowest BCUT2D eigenvalue weighted by Crippen LogP contribution is -2.30. The predicted octanol–water partition coefficient (Wildman–Crippen LogP) is 3.12. The maximum Gasteiger partial charge on any atom is 0.277 e. The van der Waals surface area contributed by atoms with Gasteiger partial charge in [-0.05, 0) is 46.9 Å². The molecule has 6 nitrogen and oxygen atoms in total. The molecular formula is C16H13ClF3IN2O4.